The van der Waals surface area contributed by atoms with Gasteiger partial charge in [0.15, 0.2) is 11.5 Å². The Hall–Kier alpha value is -4.12. The van der Waals surface area contributed by atoms with Gasteiger partial charge in [0.05, 0.1) is 19.2 Å². The second kappa shape index (κ2) is 11.3. The van der Waals surface area contributed by atoms with Gasteiger partial charge in [-0.1, -0.05) is 60.7 Å². The van der Waals surface area contributed by atoms with Crippen molar-refractivity contribution < 1.29 is 14.3 Å². The summed E-state index contributed by atoms with van der Waals surface area (Å²) in [4.78, 5) is 12.3. The van der Waals surface area contributed by atoms with Crippen molar-refractivity contribution in [1.29, 1.82) is 0 Å². The molecule has 4 aromatic carbocycles. The van der Waals surface area contributed by atoms with Crippen LogP contribution in [0.2, 0.25) is 0 Å². The lowest BCUT2D eigenvalue weighted by Crippen LogP contribution is -2.19. The normalized spacial score (nSPS) is 11.1. The fourth-order valence-electron chi connectivity index (χ4n) is 3.88. The second-order valence-electron chi connectivity index (χ2n) is 8.45. The van der Waals surface area contributed by atoms with Crippen LogP contribution in [0.25, 0.3) is 10.8 Å². The average Bonchev–Trinajstić information content (AvgIpc) is 2.86. The maximum atomic E-state index is 12.3. The average molecular weight is 467 g/mol. The molecule has 0 aliphatic carbocycles. The van der Waals surface area contributed by atoms with Crippen LogP contribution in [0.4, 0.5) is 0 Å². The molecule has 1 N–H and O–H groups in total. The predicted molar refractivity (Wildman–Crippen MR) is 141 cm³/mol. The topological polar surface area (TPSA) is 59.9 Å². The van der Waals surface area contributed by atoms with Crippen LogP contribution >= 0.6 is 0 Å². The van der Waals surface area contributed by atoms with E-state index in [1.807, 2.05) is 68.4 Å². The smallest absolute Gasteiger partial charge is 0.244 e. The van der Waals surface area contributed by atoms with Crippen LogP contribution in [0.3, 0.4) is 0 Å². The molecule has 4 aromatic rings. The van der Waals surface area contributed by atoms with Crippen molar-refractivity contribution in [3.63, 3.8) is 0 Å². The van der Waals surface area contributed by atoms with Gasteiger partial charge in [0.1, 0.15) is 6.61 Å². The molecule has 0 aliphatic rings. The summed E-state index contributed by atoms with van der Waals surface area (Å²) >= 11 is 0. The van der Waals surface area contributed by atoms with E-state index in [2.05, 4.69) is 41.7 Å². The molecule has 0 saturated carbocycles. The van der Waals surface area contributed by atoms with Gasteiger partial charge in [-0.05, 0) is 77.6 Å². The minimum Gasteiger partial charge on any atom is -0.490 e. The van der Waals surface area contributed by atoms with Gasteiger partial charge >= 0.3 is 0 Å². The molecule has 0 atom stereocenters. The quantitative estimate of drug-likeness (QED) is 0.239. The number of amides is 1. The van der Waals surface area contributed by atoms with Crippen LogP contribution in [-0.2, 0) is 17.8 Å². The minimum atomic E-state index is -0.162. The number of carbonyl (C=O) groups excluding carboxylic acids is 1. The van der Waals surface area contributed by atoms with Crippen LogP contribution < -0.4 is 14.9 Å². The number of carbonyl (C=O) groups is 1. The minimum absolute atomic E-state index is 0.162. The van der Waals surface area contributed by atoms with Crippen LogP contribution in [0.5, 0.6) is 11.5 Å². The number of nitrogens with zero attached hydrogens (tertiary/aromatic N) is 1. The molecule has 35 heavy (non-hydrogen) atoms. The zero-order chi connectivity index (χ0) is 24.6. The Morgan fingerprint density at radius 1 is 0.886 bits per heavy atom. The molecular formula is C30H30N2O3. The Bertz CT molecular complexity index is 1360. The maximum absolute atomic E-state index is 12.3. The molecule has 0 bridgehead atoms. The third-order valence-corrected chi connectivity index (χ3v) is 5.87. The highest BCUT2D eigenvalue weighted by atomic mass is 16.5. The number of hydrogen-bond donors (Lipinski definition) is 1. The monoisotopic (exact) mass is 466 g/mol. The van der Waals surface area contributed by atoms with E-state index in [1.165, 1.54) is 21.9 Å². The summed E-state index contributed by atoms with van der Waals surface area (Å²) < 4.78 is 11.9. The van der Waals surface area contributed by atoms with Gasteiger partial charge in [0.25, 0.3) is 0 Å². The van der Waals surface area contributed by atoms with E-state index in [0.29, 0.717) is 24.7 Å². The number of benzene rings is 4. The highest BCUT2D eigenvalue weighted by Crippen LogP contribution is 2.30. The molecule has 0 unspecified atom stereocenters. The van der Waals surface area contributed by atoms with Gasteiger partial charge in [-0.3, -0.25) is 4.79 Å². The lowest BCUT2D eigenvalue weighted by Gasteiger charge is -2.13. The van der Waals surface area contributed by atoms with E-state index < -0.39 is 0 Å². The van der Waals surface area contributed by atoms with Gasteiger partial charge in [0, 0.05) is 0 Å². The van der Waals surface area contributed by atoms with Crippen molar-refractivity contribution in [2.45, 2.75) is 33.8 Å². The number of hydrazone groups is 1. The molecule has 0 aromatic heterocycles. The molecule has 0 heterocycles. The highest BCUT2D eigenvalue weighted by molar-refractivity contribution is 5.86. The number of aryl methyl sites for hydroxylation is 2. The lowest BCUT2D eigenvalue weighted by molar-refractivity contribution is -0.120. The Balaban J connectivity index is 1.40. The molecule has 0 fully saturated rings. The number of nitrogens with one attached hydrogen (secondary N) is 1. The Morgan fingerprint density at radius 3 is 2.54 bits per heavy atom. The summed E-state index contributed by atoms with van der Waals surface area (Å²) in [5.41, 5.74) is 7.86. The van der Waals surface area contributed by atoms with E-state index in [9.17, 15) is 4.79 Å². The SMILES string of the molecule is CCOc1cc(/C=N\NC(=O)Cc2ccc(C)c(C)c2)ccc1OCc1cccc2ccccc12. The number of hydrogen-bond acceptors (Lipinski definition) is 4. The fourth-order valence-corrected chi connectivity index (χ4v) is 3.88. The van der Waals surface area contributed by atoms with E-state index in [0.717, 1.165) is 16.7 Å². The van der Waals surface area contributed by atoms with Crippen molar-refractivity contribution in [3.05, 3.63) is 107 Å². The van der Waals surface area contributed by atoms with E-state index in [1.54, 1.807) is 6.21 Å². The third kappa shape index (κ3) is 6.27. The molecule has 1 amide bonds. The third-order valence-electron chi connectivity index (χ3n) is 5.87. The van der Waals surface area contributed by atoms with Crippen LogP contribution in [0, 0.1) is 13.8 Å². The van der Waals surface area contributed by atoms with E-state index in [-0.39, 0.29) is 12.3 Å². The zero-order valence-electron chi connectivity index (χ0n) is 20.4. The second-order valence-corrected chi connectivity index (χ2v) is 8.45. The summed E-state index contributed by atoms with van der Waals surface area (Å²) in [5, 5.41) is 6.47. The van der Waals surface area contributed by atoms with Crippen molar-refractivity contribution in [1.82, 2.24) is 5.43 Å². The first-order valence-corrected chi connectivity index (χ1v) is 11.8. The molecule has 0 saturated heterocycles. The van der Waals surface area contributed by atoms with Gasteiger partial charge in [-0.2, -0.15) is 5.10 Å². The summed E-state index contributed by atoms with van der Waals surface area (Å²) in [5.74, 6) is 1.14. The number of rotatable bonds is 9. The summed E-state index contributed by atoms with van der Waals surface area (Å²) in [6.45, 7) is 6.98. The molecule has 4 rings (SSSR count). The Morgan fingerprint density at radius 2 is 1.71 bits per heavy atom. The van der Waals surface area contributed by atoms with Gasteiger partial charge < -0.3 is 9.47 Å². The first-order chi connectivity index (χ1) is 17.0. The molecule has 5 heteroatoms. The predicted octanol–water partition coefficient (Wildman–Crippen LogP) is 6.13. The Labute approximate surface area is 206 Å². The van der Waals surface area contributed by atoms with Gasteiger partial charge in [-0.15, -0.1) is 0 Å². The molecule has 0 radical (unpaired) electrons. The number of ether oxygens (including phenoxy) is 2. The molecule has 5 nitrogen and oxygen atoms in total. The Kier molecular flexibility index (Phi) is 7.78. The summed E-state index contributed by atoms with van der Waals surface area (Å²) in [7, 11) is 0. The van der Waals surface area contributed by atoms with Crippen molar-refractivity contribution >= 4 is 22.9 Å². The zero-order valence-corrected chi connectivity index (χ0v) is 20.4. The van der Waals surface area contributed by atoms with Crippen molar-refractivity contribution in [2.24, 2.45) is 5.10 Å². The van der Waals surface area contributed by atoms with Crippen LogP contribution in [0.15, 0.2) is 84.0 Å². The summed E-state index contributed by atoms with van der Waals surface area (Å²) in [6.07, 6.45) is 1.89. The van der Waals surface area contributed by atoms with E-state index >= 15 is 0 Å². The lowest BCUT2D eigenvalue weighted by atomic mass is 10.0. The number of fused-ring (bicyclic) bond motifs is 1. The highest BCUT2D eigenvalue weighted by Gasteiger charge is 2.09. The van der Waals surface area contributed by atoms with Crippen molar-refractivity contribution in [3.8, 4) is 11.5 Å². The van der Waals surface area contributed by atoms with Crippen LogP contribution in [-0.4, -0.2) is 18.7 Å². The molecule has 178 valence electrons. The molecule has 0 spiro atoms. The summed E-state index contributed by atoms with van der Waals surface area (Å²) in [6, 6.07) is 26.1. The van der Waals surface area contributed by atoms with Gasteiger partial charge in [0.2, 0.25) is 5.91 Å². The van der Waals surface area contributed by atoms with Gasteiger partial charge in [-0.25, -0.2) is 5.43 Å². The molecule has 0 aliphatic heterocycles. The maximum Gasteiger partial charge on any atom is 0.244 e. The molecular weight excluding hydrogens is 436 g/mol. The largest absolute Gasteiger partial charge is 0.490 e. The first-order valence-electron chi connectivity index (χ1n) is 11.8. The fraction of sp³-hybridized carbons (Fsp3) is 0.200. The first kappa shape index (κ1) is 24.0. The van der Waals surface area contributed by atoms with E-state index in [4.69, 9.17) is 9.47 Å². The van der Waals surface area contributed by atoms with Crippen LogP contribution in [0.1, 0.15) is 34.7 Å². The standard InChI is InChI=1S/C30H30N2O3/c1-4-34-29-17-24(19-31-32-30(33)18-23-13-12-21(2)22(3)16-23)14-15-28(29)35-20-26-10-7-9-25-8-5-6-11-27(25)26/h5-17,19H,4,18,20H2,1-3H3,(H,32,33)/b31-19-. The van der Waals surface area contributed by atoms with Crippen molar-refractivity contribution in [2.75, 3.05) is 6.61 Å².